The van der Waals surface area contributed by atoms with Crippen molar-refractivity contribution in [1.29, 1.82) is 0 Å². The first-order valence-electron chi connectivity index (χ1n) is 4.16. The molecule has 0 aromatic carbocycles. The van der Waals surface area contributed by atoms with E-state index in [-0.39, 0.29) is 28.8 Å². The van der Waals surface area contributed by atoms with Gasteiger partial charge in [-0.25, -0.2) is 4.79 Å². The lowest BCUT2D eigenvalue weighted by atomic mass is 10.2. The van der Waals surface area contributed by atoms with E-state index in [0.29, 0.717) is 0 Å². The zero-order chi connectivity index (χ0) is 11.6. The Morgan fingerprint density at radius 3 is 2.33 bits per heavy atom. The third-order valence-corrected chi connectivity index (χ3v) is 1.73. The number of hydrogen-bond acceptors (Lipinski definition) is 3. The molecule has 1 rings (SSSR count). The second kappa shape index (κ2) is 3.95. The van der Waals surface area contributed by atoms with Crippen molar-refractivity contribution >= 4 is 23.5 Å². The summed E-state index contributed by atoms with van der Waals surface area (Å²) in [6.07, 6.45) is 0. The maximum atomic E-state index is 11.1. The van der Waals surface area contributed by atoms with Gasteiger partial charge in [0.05, 0.1) is 5.56 Å². The second-order valence-corrected chi connectivity index (χ2v) is 3.01. The van der Waals surface area contributed by atoms with Gasteiger partial charge in [0.2, 0.25) is 5.91 Å². The van der Waals surface area contributed by atoms with Crippen molar-refractivity contribution in [2.45, 2.75) is 13.8 Å². The van der Waals surface area contributed by atoms with Gasteiger partial charge in [0.25, 0.3) is 0 Å². The molecule has 1 heterocycles. The molecule has 1 aromatic heterocycles. The number of rotatable bonds is 3. The summed E-state index contributed by atoms with van der Waals surface area (Å²) >= 11 is 0. The van der Waals surface area contributed by atoms with Crippen LogP contribution in [0.25, 0.3) is 0 Å². The van der Waals surface area contributed by atoms with E-state index >= 15 is 0 Å². The van der Waals surface area contributed by atoms with Crippen LogP contribution in [-0.4, -0.2) is 27.8 Å². The van der Waals surface area contributed by atoms with Gasteiger partial charge in [-0.3, -0.25) is 9.59 Å². The highest BCUT2D eigenvalue weighted by atomic mass is 16.4. The van der Waals surface area contributed by atoms with Crippen molar-refractivity contribution in [3.63, 3.8) is 0 Å². The van der Waals surface area contributed by atoms with E-state index in [2.05, 4.69) is 10.3 Å². The summed E-state index contributed by atoms with van der Waals surface area (Å²) in [7, 11) is 0. The number of H-pyrrole nitrogens is 1. The Kier molecular flexibility index (Phi) is 2.89. The number of anilines is 1. The Balaban J connectivity index is 3.17. The highest BCUT2D eigenvalue weighted by molar-refractivity contribution is 6.04. The van der Waals surface area contributed by atoms with Crippen molar-refractivity contribution in [1.82, 2.24) is 4.98 Å². The number of hydrogen-bond donors (Lipinski definition) is 3. The number of carbonyl (C=O) groups is 3. The number of ketones is 1. The molecule has 3 N–H and O–H groups in total. The van der Waals surface area contributed by atoms with Gasteiger partial charge in [-0.2, -0.15) is 0 Å². The molecule has 0 saturated carbocycles. The lowest BCUT2D eigenvalue weighted by Crippen LogP contribution is -2.09. The Hall–Kier alpha value is -2.11. The first-order valence-corrected chi connectivity index (χ1v) is 4.16. The Labute approximate surface area is 85.3 Å². The van der Waals surface area contributed by atoms with Gasteiger partial charge in [0.1, 0.15) is 11.5 Å². The highest BCUT2D eigenvalue weighted by Gasteiger charge is 2.16. The molecule has 0 atom stereocenters. The van der Waals surface area contributed by atoms with Crippen molar-refractivity contribution < 1.29 is 19.5 Å². The number of nitrogens with one attached hydrogen (secondary N) is 2. The minimum Gasteiger partial charge on any atom is -0.477 e. The second-order valence-electron chi connectivity index (χ2n) is 3.01. The fraction of sp³-hybridized carbons (Fsp3) is 0.222. The monoisotopic (exact) mass is 210 g/mol. The molecule has 1 aromatic rings. The number of carboxylic acids is 1. The summed E-state index contributed by atoms with van der Waals surface area (Å²) < 4.78 is 0. The maximum Gasteiger partial charge on any atom is 0.352 e. The third kappa shape index (κ3) is 2.43. The molecule has 1 amide bonds. The van der Waals surface area contributed by atoms with Crippen LogP contribution in [0.2, 0.25) is 0 Å². The maximum absolute atomic E-state index is 11.1. The fourth-order valence-electron chi connectivity index (χ4n) is 1.12. The van der Waals surface area contributed by atoms with E-state index in [0.717, 1.165) is 0 Å². The topological polar surface area (TPSA) is 99.3 Å². The first-order chi connectivity index (χ1) is 6.91. The van der Waals surface area contributed by atoms with Gasteiger partial charge in [-0.1, -0.05) is 0 Å². The average molecular weight is 210 g/mol. The van der Waals surface area contributed by atoms with E-state index in [1.54, 1.807) is 0 Å². The molecular formula is C9H10N2O4. The van der Waals surface area contributed by atoms with Crippen LogP contribution in [0.5, 0.6) is 0 Å². The molecule has 0 unspecified atom stereocenters. The van der Waals surface area contributed by atoms with Crippen LogP contribution in [0.15, 0.2) is 6.07 Å². The van der Waals surface area contributed by atoms with Gasteiger partial charge in [0.15, 0.2) is 5.78 Å². The molecule has 0 aliphatic heterocycles. The molecule has 80 valence electrons. The summed E-state index contributed by atoms with van der Waals surface area (Å²) in [4.78, 5) is 35.0. The lowest BCUT2D eigenvalue weighted by molar-refractivity contribution is -0.114. The molecule has 6 nitrogen and oxygen atoms in total. The van der Waals surface area contributed by atoms with Crippen LogP contribution in [0.3, 0.4) is 0 Å². The number of aromatic nitrogens is 1. The normalized spacial score (nSPS) is 9.73. The summed E-state index contributed by atoms with van der Waals surface area (Å²) in [5.74, 6) is -1.76. The van der Waals surface area contributed by atoms with E-state index in [4.69, 9.17) is 5.11 Å². The van der Waals surface area contributed by atoms with E-state index < -0.39 is 5.97 Å². The van der Waals surface area contributed by atoms with Gasteiger partial charge < -0.3 is 15.4 Å². The largest absolute Gasteiger partial charge is 0.477 e. The molecule has 0 fully saturated rings. The van der Waals surface area contributed by atoms with Gasteiger partial charge in [-0.15, -0.1) is 0 Å². The summed E-state index contributed by atoms with van der Waals surface area (Å²) in [6.45, 7) is 2.56. The molecule has 0 aliphatic carbocycles. The van der Waals surface area contributed by atoms with Crippen LogP contribution in [0.4, 0.5) is 5.82 Å². The number of amides is 1. The van der Waals surface area contributed by atoms with E-state index in [9.17, 15) is 14.4 Å². The number of aromatic carboxylic acids is 1. The molecule has 0 saturated heterocycles. The zero-order valence-electron chi connectivity index (χ0n) is 8.25. The zero-order valence-corrected chi connectivity index (χ0v) is 8.25. The number of aromatic amines is 1. The average Bonchev–Trinajstić information content (AvgIpc) is 2.46. The summed E-state index contributed by atoms with van der Waals surface area (Å²) in [6, 6.07) is 1.19. The Morgan fingerprint density at radius 2 is 1.93 bits per heavy atom. The first kappa shape index (κ1) is 11.0. The Morgan fingerprint density at radius 1 is 1.33 bits per heavy atom. The number of Topliss-reactive ketones (excluding diaryl/α,β-unsaturated/α-hetero) is 1. The van der Waals surface area contributed by atoms with Crippen LogP contribution >= 0.6 is 0 Å². The number of carbonyl (C=O) groups excluding carboxylic acids is 2. The summed E-state index contributed by atoms with van der Waals surface area (Å²) in [5, 5.41) is 11.0. The molecule has 0 aliphatic rings. The molecular weight excluding hydrogens is 200 g/mol. The minimum absolute atomic E-state index is 0.118. The standard InChI is InChI=1S/C9H10N2O4/c1-4(12)6-3-7(9(14)15)11-8(6)10-5(2)13/h3,11H,1-2H3,(H,10,13)(H,14,15). The van der Waals surface area contributed by atoms with Gasteiger partial charge in [0, 0.05) is 6.92 Å². The van der Waals surface area contributed by atoms with Crippen LogP contribution in [-0.2, 0) is 4.79 Å². The van der Waals surface area contributed by atoms with Crippen LogP contribution < -0.4 is 5.32 Å². The fourth-order valence-corrected chi connectivity index (χ4v) is 1.12. The Bertz CT molecular complexity index is 433. The smallest absolute Gasteiger partial charge is 0.352 e. The van der Waals surface area contributed by atoms with Crippen LogP contribution in [0.1, 0.15) is 34.7 Å². The van der Waals surface area contributed by atoms with Crippen molar-refractivity contribution in [2.24, 2.45) is 0 Å². The number of carboxylic acid groups (broad SMARTS) is 1. The molecule has 0 bridgehead atoms. The van der Waals surface area contributed by atoms with Gasteiger partial charge in [-0.05, 0) is 13.0 Å². The molecule has 6 heteroatoms. The minimum atomic E-state index is -1.19. The predicted octanol–water partition coefficient (Wildman–Crippen LogP) is 0.874. The lowest BCUT2D eigenvalue weighted by Gasteiger charge is -2.00. The molecule has 0 spiro atoms. The van der Waals surface area contributed by atoms with Crippen LogP contribution in [0, 0.1) is 0 Å². The van der Waals surface area contributed by atoms with Crippen molar-refractivity contribution in [3.05, 3.63) is 17.3 Å². The quantitative estimate of drug-likeness (QED) is 0.644. The SMILES string of the molecule is CC(=O)Nc1[nH]c(C(=O)O)cc1C(C)=O. The molecule has 0 radical (unpaired) electrons. The van der Waals surface area contributed by atoms with Gasteiger partial charge >= 0.3 is 5.97 Å². The third-order valence-electron chi connectivity index (χ3n) is 1.73. The van der Waals surface area contributed by atoms with Crippen molar-refractivity contribution in [3.8, 4) is 0 Å². The summed E-state index contributed by atoms with van der Waals surface area (Å²) in [5.41, 5.74) is 0.0200. The predicted molar refractivity (Wildman–Crippen MR) is 52.1 cm³/mol. The molecule has 15 heavy (non-hydrogen) atoms. The highest BCUT2D eigenvalue weighted by Crippen LogP contribution is 2.17. The van der Waals surface area contributed by atoms with E-state index in [1.807, 2.05) is 0 Å². The van der Waals surface area contributed by atoms with Crippen molar-refractivity contribution in [2.75, 3.05) is 5.32 Å². The van der Waals surface area contributed by atoms with E-state index in [1.165, 1.54) is 19.9 Å².